The normalized spacial score (nSPS) is 18.8. The fraction of sp³-hybridized carbons (Fsp3) is 0.371. The fourth-order valence-corrected chi connectivity index (χ4v) is 6.58. The summed E-state index contributed by atoms with van der Waals surface area (Å²) in [5, 5.41) is 13.1. The zero-order chi connectivity index (χ0) is 31.8. The number of anilines is 2. The quantitative estimate of drug-likeness (QED) is 0.248. The zero-order valence-electron chi connectivity index (χ0n) is 26.1. The first-order valence-corrected chi connectivity index (χ1v) is 15.6. The van der Waals surface area contributed by atoms with Crippen molar-refractivity contribution in [1.29, 1.82) is 0 Å². The van der Waals surface area contributed by atoms with Crippen molar-refractivity contribution in [1.82, 2.24) is 15.0 Å². The van der Waals surface area contributed by atoms with Crippen LogP contribution >= 0.6 is 23.2 Å². The molecule has 3 heterocycles. The minimum absolute atomic E-state index is 0.0761. The monoisotopic (exact) mass is 629 g/mol. The van der Waals surface area contributed by atoms with Gasteiger partial charge in [0.15, 0.2) is 5.82 Å². The molecule has 3 aromatic carbocycles. The van der Waals surface area contributed by atoms with Crippen LogP contribution in [0.1, 0.15) is 94.4 Å². The fourth-order valence-electron chi connectivity index (χ4n) is 6.28. The highest BCUT2D eigenvalue weighted by molar-refractivity contribution is 6.31. The van der Waals surface area contributed by atoms with E-state index >= 15 is 0 Å². The molecule has 2 aliphatic heterocycles. The first-order valence-electron chi connectivity index (χ1n) is 14.9. The minimum Gasteiger partial charge on any atom is -0.309 e. The van der Waals surface area contributed by atoms with E-state index in [1.165, 1.54) is 11.1 Å². The number of hydrogen-bond acceptors (Lipinski definition) is 4. The summed E-state index contributed by atoms with van der Waals surface area (Å²) in [7, 11) is 0. The van der Waals surface area contributed by atoms with Crippen LogP contribution in [0.2, 0.25) is 10.0 Å². The molecule has 1 spiro atoms. The van der Waals surface area contributed by atoms with Crippen LogP contribution in [0.15, 0.2) is 60.7 Å². The van der Waals surface area contributed by atoms with Crippen molar-refractivity contribution in [2.75, 3.05) is 10.2 Å². The number of fused-ring (bicyclic) bond motifs is 4. The molecule has 7 nitrogen and oxygen atoms in total. The number of aromatic nitrogens is 3. The van der Waals surface area contributed by atoms with E-state index in [0.717, 1.165) is 16.8 Å². The Morgan fingerprint density at radius 2 is 1.50 bits per heavy atom. The molecule has 0 fully saturated rings. The topological polar surface area (TPSA) is 80.1 Å². The van der Waals surface area contributed by atoms with E-state index in [-0.39, 0.29) is 35.1 Å². The van der Waals surface area contributed by atoms with Gasteiger partial charge in [0, 0.05) is 15.7 Å². The standard InChI is InChI=1S/C35H37Cl2N5O2/c1-20(22-8-10-25(36)11-9-22)42-31-30(39-40-42)35(18-29(43)38-31)27-17-26(37)12-13-28(27)41(32(35)44)19-21-14-23(33(2,3)4)16-24(15-21)34(5,6)7/h8-17,20H,18-19H2,1-7H3,(H,38,43)/t20?,35-/m1/s1. The molecule has 9 heteroatoms. The molecule has 1 aromatic heterocycles. The molecule has 228 valence electrons. The second-order valence-electron chi connectivity index (χ2n) is 14.1. The number of benzene rings is 3. The largest absolute Gasteiger partial charge is 0.309 e. The van der Waals surface area contributed by atoms with Gasteiger partial charge in [-0.05, 0) is 75.9 Å². The number of hydrogen-bond donors (Lipinski definition) is 1. The Kier molecular flexibility index (Phi) is 7.21. The SMILES string of the molecule is CC(c1ccc(Cl)cc1)n1nnc2c1NC(=O)C[C@]21C(=O)N(Cc2cc(C(C)(C)C)cc(C(C)(C)C)c2)c2ccc(Cl)cc21. The van der Waals surface area contributed by atoms with Gasteiger partial charge in [0.05, 0.1) is 19.0 Å². The summed E-state index contributed by atoms with van der Waals surface area (Å²) in [4.78, 5) is 30.1. The number of rotatable bonds is 4. The zero-order valence-corrected chi connectivity index (χ0v) is 27.6. The van der Waals surface area contributed by atoms with Crippen molar-refractivity contribution < 1.29 is 9.59 Å². The van der Waals surface area contributed by atoms with Gasteiger partial charge < -0.3 is 10.2 Å². The van der Waals surface area contributed by atoms with E-state index in [9.17, 15) is 9.59 Å². The molecule has 1 N–H and O–H groups in total. The Morgan fingerprint density at radius 3 is 2.11 bits per heavy atom. The van der Waals surface area contributed by atoms with Crippen molar-refractivity contribution >= 4 is 46.5 Å². The van der Waals surface area contributed by atoms with Crippen molar-refractivity contribution in [3.05, 3.63) is 104 Å². The van der Waals surface area contributed by atoms with E-state index in [0.29, 0.717) is 33.7 Å². The van der Waals surface area contributed by atoms with Gasteiger partial charge in [-0.3, -0.25) is 9.59 Å². The van der Waals surface area contributed by atoms with Crippen LogP contribution in [0.25, 0.3) is 0 Å². The van der Waals surface area contributed by atoms with Crippen LogP contribution in [-0.2, 0) is 32.4 Å². The van der Waals surface area contributed by atoms with Crippen LogP contribution in [0, 0.1) is 0 Å². The van der Waals surface area contributed by atoms with Gasteiger partial charge in [-0.25, -0.2) is 4.68 Å². The highest BCUT2D eigenvalue weighted by Crippen LogP contribution is 2.53. The number of nitrogens with one attached hydrogen (secondary N) is 1. The van der Waals surface area contributed by atoms with E-state index in [1.807, 2.05) is 37.3 Å². The van der Waals surface area contributed by atoms with Gasteiger partial charge in [0.1, 0.15) is 11.1 Å². The molecule has 0 bridgehead atoms. The predicted molar refractivity (Wildman–Crippen MR) is 176 cm³/mol. The van der Waals surface area contributed by atoms with Crippen LogP contribution in [0.5, 0.6) is 0 Å². The maximum atomic E-state index is 14.8. The first-order chi connectivity index (χ1) is 20.6. The van der Waals surface area contributed by atoms with E-state index in [1.54, 1.807) is 21.7 Å². The number of amides is 2. The summed E-state index contributed by atoms with van der Waals surface area (Å²) in [6.45, 7) is 15.5. The van der Waals surface area contributed by atoms with Gasteiger partial charge in [-0.15, -0.1) is 5.10 Å². The highest BCUT2D eigenvalue weighted by Gasteiger charge is 2.58. The highest BCUT2D eigenvalue weighted by atomic mass is 35.5. The Bertz CT molecular complexity index is 1770. The Labute approximate surface area is 268 Å². The minimum atomic E-state index is -1.36. The third-order valence-electron chi connectivity index (χ3n) is 8.89. The summed E-state index contributed by atoms with van der Waals surface area (Å²) in [6, 6.07) is 19.3. The van der Waals surface area contributed by atoms with Gasteiger partial charge in [-0.2, -0.15) is 0 Å². The Balaban J connectivity index is 1.48. The van der Waals surface area contributed by atoms with Crippen LogP contribution in [0.3, 0.4) is 0 Å². The third kappa shape index (κ3) is 5.00. The van der Waals surface area contributed by atoms with Crippen molar-refractivity contribution in [2.45, 2.75) is 83.7 Å². The van der Waals surface area contributed by atoms with Gasteiger partial charge in [0.25, 0.3) is 0 Å². The summed E-state index contributed by atoms with van der Waals surface area (Å²) in [5.74, 6) is -0.0830. The molecule has 0 saturated heterocycles. The van der Waals surface area contributed by atoms with E-state index in [2.05, 4.69) is 75.4 Å². The molecule has 0 saturated carbocycles. The molecule has 4 aromatic rings. The van der Waals surface area contributed by atoms with Crippen molar-refractivity contribution in [2.24, 2.45) is 0 Å². The molecular formula is C35H37Cl2N5O2. The summed E-state index contributed by atoms with van der Waals surface area (Å²) >= 11 is 12.7. The number of carbonyl (C=O) groups is 2. The number of nitrogens with zero attached hydrogens (tertiary/aromatic N) is 4. The van der Waals surface area contributed by atoms with Crippen molar-refractivity contribution in [3.63, 3.8) is 0 Å². The summed E-state index contributed by atoms with van der Waals surface area (Å²) in [5.41, 5.74) is 4.67. The van der Waals surface area contributed by atoms with Gasteiger partial charge >= 0.3 is 0 Å². The lowest BCUT2D eigenvalue weighted by Crippen LogP contribution is -2.47. The molecular weight excluding hydrogens is 593 g/mol. The number of halogens is 2. The lowest BCUT2D eigenvalue weighted by atomic mass is 9.73. The molecule has 2 atom stereocenters. The molecule has 0 radical (unpaired) electrons. The molecule has 1 unspecified atom stereocenters. The third-order valence-corrected chi connectivity index (χ3v) is 9.37. The van der Waals surface area contributed by atoms with E-state index in [4.69, 9.17) is 23.2 Å². The predicted octanol–water partition coefficient (Wildman–Crippen LogP) is 7.96. The van der Waals surface area contributed by atoms with Crippen LogP contribution in [-0.4, -0.2) is 26.8 Å². The molecule has 2 aliphatic rings. The van der Waals surface area contributed by atoms with E-state index < -0.39 is 5.41 Å². The molecule has 0 aliphatic carbocycles. The Hall–Kier alpha value is -3.68. The molecule has 6 rings (SSSR count). The van der Waals surface area contributed by atoms with Gasteiger partial charge in [-0.1, -0.05) is 100 Å². The van der Waals surface area contributed by atoms with Gasteiger partial charge in [0.2, 0.25) is 11.8 Å². The van der Waals surface area contributed by atoms with Crippen LogP contribution < -0.4 is 10.2 Å². The average molecular weight is 631 g/mol. The van der Waals surface area contributed by atoms with Crippen LogP contribution in [0.4, 0.5) is 11.5 Å². The average Bonchev–Trinajstić information content (AvgIpc) is 3.46. The molecule has 44 heavy (non-hydrogen) atoms. The summed E-state index contributed by atoms with van der Waals surface area (Å²) in [6.07, 6.45) is -0.0913. The lowest BCUT2D eigenvalue weighted by molar-refractivity contribution is -0.126. The second-order valence-corrected chi connectivity index (χ2v) is 14.9. The van der Waals surface area contributed by atoms with Crippen molar-refractivity contribution in [3.8, 4) is 0 Å². The second kappa shape index (κ2) is 10.5. The first kappa shape index (κ1) is 30.4. The number of carbonyl (C=O) groups excluding carboxylic acids is 2. The maximum Gasteiger partial charge on any atom is 0.244 e. The maximum absolute atomic E-state index is 14.8. The Morgan fingerprint density at radius 1 is 0.886 bits per heavy atom. The molecule has 2 amide bonds. The lowest BCUT2D eigenvalue weighted by Gasteiger charge is -2.32. The smallest absolute Gasteiger partial charge is 0.244 e. The summed E-state index contributed by atoms with van der Waals surface area (Å²) < 4.78 is 1.67.